The third-order valence-corrected chi connectivity index (χ3v) is 5.33. The van der Waals surface area contributed by atoms with Crippen molar-refractivity contribution in [3.05, 3.63) is 64.1 Å². The number of hydrogen-bond acceptors (Lipinski definition) is 3. The van der Waals surface area contributed by atoms with Gasteiger partial charge in [0.1, 0.15) is 6.54 Å². The Balaban J connectivity index is 1.73. The van der Waals surface area contributed by atoms with Gasteiger partial charge in [-0.25, -0.2) is 13.6 Å². The molecular formula is C18H23BrN3O3S+. The molecule has 0 aromatic heterocycles. The lowest BCUT2D eigenvalue weighted by Crippen LogP contribution is -3.08. The van der Waals surface area contributed by atoms with E-state index in [9.17, 15) is 13.2 Å². The van der Waals surface area contributed by atoms with Crippen molar-refractivity contribution in [2.45, 2.75) is 17.9 Å². The number of rotatable bonds is 8. The largest absolute Gasteiger partial charge is 0.351 e. The summed E-state index contributed by atoms with van der Waals surface area (Å²) in [6, 6.07) is 14.4. The molecule has 0 spiro atoms. The van der Waals surface area contributed by atoms with Crippen molar-refractivity contribution in [2.24, 2.45) is 5.14 Å². The summed E-state index contributed by atoms with van der Waals surface area (Å²) >= 11 is 3.41. The first-order valence-electron chi connectivity index (χ1n) is 8.18. The first-order valence-corrected chi connectivity index (χ1v) is 10.5. The number of likely N-dealkylation sites (N-methyl/N-ethyl adjacent to an activating group) is 1. The SMILES string of the molecule is C[NH+](CC(=O)NCCc1ccc(S(N)(=O)=O)cc1)Cc1ccc(Br)cc1. The molecule has 2 rings (SSSR count). The summed E-state index contributed by atoms with van der Waals surface area (Å²) in [7, 11) is -1.69. The second kappa shape index (κ2) is 9.27. The van der Waals surface area contributed by atoms with Gasteiger partial charge in [0, 0.05) is 16.6 Å². The summed E-state index contributed by atoms with van der Waals surface area (Å²) in [5, 5.41) is 7.96. The second-order valence-electron chi connectivity index (χ2n) is 6.23. The van der Waals surface area contributed by atoms with Crippen LogP contribution in [0.5, 0.6) is 0 Å². The number of benzene rings is 2. The van der Waals surface area contributed by atoms with Gasteiger partial charge in [0.2, 0.25) is 10.0 Å². The molecule has 1 amide bonds. The molecule has 6 nitrogen and oxygen atoms in total. The van der Waals surface area contributed by atoms with Gasteiger partial charge in [-0.1, -0.05) is 40.2 Å². The number of sulfonamides is 1. The number of hydrogen-bond donors (Lipinski definition) is 3. The van der Waals surface area contributed by atoms with E-state index in [1.807, 2.05) is 31.3 Å². The average molecular weight is 441 g/mol. The molecule has 1 unspecified atom stereocenters. The molecule has 0 radical (unpaired) electrons. The van der Waals surface area contributed by atoms with E-state index < -0.39 is 10.0 Å². The van der Waals surface area contributed by atoms with Gasteiger partial charge >= 0.3 is 0 Å². The molecule has 1 atom stereocenters. The highest BCUT2D eigenvalue weighted by atomic mass is 79.9. The van der Waals surface area contributed by atoms with Crippen molar-refractivity contribution in [1.82, 2.24) is 5.32 Å². The quantitative estimate of drug-likeness (QED) is 0.556. The molecule has 0 aliphatic rings. The van der Waals surface area contributed by atoms with Crippen LogP contribution < -0.4 is 15.4 Å². The molecule has 0 bridgehead atoms. The molecule has 0 saturated heterocycles. The highest BCUT2D eigenvalue weighted by molar-refractivity contribution is 9.10. The molecule has 2 aromatic carbocycles. The van der Waals surface area contributed by atoms with E-state index in [0.29, 0.717) is 19.5 Å². The molecule has 0 heterocycles. The highest BCUT2D eigenvalue weighted by Crippen LogP contribution is 2.10. The lowest BCUT2D eigenvalue weighted by molar-refractivity contribution is -0.885. The van der Waals surface area contributed by atoms with Crippen molar-refractivity contribution in [2.75, 3.05) is 20.1 Å². The summed E-state index contributed by atoms with van der Waals surface area (Å²) in [5.74, 6) is -0.0132. The predicted octanol–water partition coefficient (Wildman–Crippen LogP) is 0.470. The van der Waals surface area contributed by atoms with Crippen LogP contribution in [0.25, 0.3) is 0 Å². The van der Waals surface area contributed by atoms with Crippen molar-refractivity contribution in [1.29, 1.82) is 0 Å². The smallest absolute Gasteiger partial charge is 0.275 e. The Labute approximate surface area is 162 Å². The zero-order chi connectivity index (χ0) is 19.2. The summed E-state index contributed by atoms with van der Waals surface area (Å²) < 4.78 is 23.5. The first-order chi connectivity index (χ1) is 12.2. The van der Waals surface area contributed by atoms with Crippen LogP contribution in [0.15, 0.2) is 57.9 Å². The van der Waals surface area contributed by atoms with E-state index in [2.05, 4.69) is 21.2 Å². The van der Waals surface area contributed by atoms with Crippen LogP contribution in [0.1, 0.15) is 11.1 Å². The summed E-state index contributed by atoms with van der Waals surface area (Å²) in [6.07, 6.45) is 0.627. The van der Waals surface area contributed by atoms with E-state index >= 15 is 0 Å². The van der Waals surface area contributed by atoms with E-state index in [1.54, 1.807) is 12.1 Å². The van der Waals surface area contributed by atoms with E-state index in [0.717, 1.165) is 21.5 Å². The maximum atomic E-state index is 12.0. The van der Waals surface area contributed by atoms with Gasteiger partial charge in [-0.3, -0.25) is 4.79 Å². The van der Waals surface area contributed by atoms with Crippen LogP contribution in [-0.4, -0.2) is 34.5 Å². The predicted molar refractivity (Wildman–Crippen MR) is 104 cm³/mol. The standard InChI is InChI=1S/C18H22BrN3O3S/c1-22(12-15-2-6-16(19)7-3-15)13-18(23)21-11-10-14-4-8-17(9-5-14)26(20,24)25/h2-9H,10-13H2,1H3,(H,21,23)(H2,20,24,25)/p+1. The zero-order valence-electron chi connectivity index (χ0n) is 14.5. The Morgan fingerprint density at radius 2 is 1.65 bits per heavy atom. The van der Waals surface area contributed by atoms with Crippen LogP contribution in [0.2, 0.25) is 0 Å². The average Bonchev–Trinajstić information content (AvgIpc) is 2.56. The number of nitrogens with one attached hydrogen (secondary N) is 2. The summed E-state index contributed by atoms with van der Waals surface area (Å²) in [4.78, 5) is 13.2. The Bertz CT molecular complexity index is 837. The number of carbonyl (C=O) groups is 1. The highest BCUT2D eigenvalue weighted by Gasteiger charge is 2.11. The van der Waals surface area contributed by atoms with Crippen LogP contribution in [0.4, 0.5) is 0 Å². The number of nitrogens with two attached hydrogens (primary N) is 1. The molecule has 2 aromatic rings. The first kappa shape index (κ1) is 20.6. The topological polar surface area (TPSA) is 93.7 Å². The third kappa shape index (κ3) is 6.87. The molecule has 140 valence electrons. The minimum atomic E-state index is -3.67. The van der Waals surface area contributed by atoms with Gasteiger partial charge in [-0.15, -0.1) is 0 Å². The molecule has 8 heteroatoms. The number of quaternary nitrogens is 1. The van der Waals surface area contributed by atoms with Crippen molar-refractivity contribution < 1.29 is 18.1 Å². The summed E-state index contributed by atoms with van der Waals surface area (Å²) in [6.45, 7) is 1.66. The Morgan fingerprint density at radius 1 is 1.08 bits per heavy atom. The monoisotopic (exact) mass is 440 g/mol. The fraction of sp³-hybridized carbons (Fsp3) is 0.278. The number of primary sulfonamides is 1. The van der Waals surface area contributed by atoms with Gasteiger partial charge in [0.05, 0.1) is 11.9 Å². The molecule has 0 saturated carbocycles. The fourth-order valence-corrected chi connectivity index (χ4v) is 3.32. The molecule has 4 N–H and O–H groups in total. The number of carbonyl (C=O) groups excluding carboxylic acids is 1. The minimum Gasteiger partial charge on any atom is -0.351 e. The third-order valence-electron chi connectivity index (χ3n) is 3.87. The number of amides is 1. The fourth-order valence-electron chi connectivity index (χ4n) is 2.54. The molecule has 0 aliphatic heterocycles. The lowest BCUT2D eigenvalue weighted by Gasteiger charge is -2.14. The van der Waals surface area contributed by atoms with Gasteiger partial charge < -0.3 is 10.2 Å². The molecular weight excluding hydrogens is 418 g/mol. The van der Waals surface area contributed by atoms with Gasteiger partial charge in [-0.2, -0.15) is 0 Å². The van der Waals surface area contributed by atoms with E-state index in [-0.39, 0.29) is 10.8 Å². The van der Waals surface area contributed by atoms with Crippen LogP contribution >= 0.6 is 15.9 Å². The minimum absolute atomic E-state index is 0.0132. The Hall–Kier alpha value is -1.74. The van der Waals surface area contributed by atoms with E-state index in [1.165, 1.54) is 17.7 Å². The maximum absolute atomic E-state index is 12.0. The summed E-state index contributed by atoms with van der Waals surface area (Å²) in [5.41, 5.74) is 2.11. The van der Waals surface area contributed by atoms with Crippen molar-refractivity contribution in [3.8, 4) is 0 Å². The van der Waals surface area contributed by atoms with Gasteiger partial charge in [-0.05, 0) is 36.2 Å². The van der Waals surface area contributed by atoms with Crippen molar-refractivity contribution in [3.63, 3.8) is 0 Å². The Kier molecular flexibility index (Phi) is 7.33. The van der Waals surface area contributed by atoms with Crippen LogP contribution in [0, 0.1) is 0 Å². The van der Waals surface area contributed by atoms with Crippen LogP contribution in [0.3, 0.4) is 0 Å². The van der Waals surface area contributed by atoms with Crippen molar-refractivity contribution >= 4 is 31.9 Å². The maximum Gasteiger partial charge on any atom is 0.275 e. The molecule has 0 fully saturated rings. The van der Waals surface area contributed by atoms with Gasteiger partial charge in [0.15, 0.2) is 6.54 Å². The molecule has 26 heavy (non-hydrogen) atoms. The van der Waals surface area contributed by atoms with E-state index in [4.69, 9.17) is 5.14 Å². The zero-order valence-corrected chi connectivity index (χ0v) is 16.9. The van der Waals surface area contributed by atoms with Gasteiger partial charge in [0.25, 0.3) is 5.91 Å². The van der Waals surface area contributed by atoms with Crippen LogP contribution in [-0.2, 0) is 27.8 Å². The number of halogens is 1. The normalized spacial score (nSPS) is 12.6. The Morgan fingerprint density at radius 3 is 2.23 bits per heavy atom. The second-order valence-corrected chi connectivity index (χ2v) is 8.70. The molecule has 0 aliphatic carbocycles. The lowest BCUT2D eigenvalue weighted by atomic mass is 10.1.